The van der Waals surface area contributed by atoms with Crippen LogP contribution in [-0.4, -0.2) is 36.9 Å². The lowest BCUT2D eigenvalue weighted by Crippen LogP contribution is -2.42. The van der Waals surface area contributed by atoms with Gasteiger partial charge in [0.15, 0.2) is 0 Å². The Hall–Kier alpha value is -1.10. The Morgan fingerprint density at radius 3 is 1.95 bits per heavy atom. The van der Waals surface area contributed by atoms with Crippen LogP contribution in [0.2, 0.25) is 0 Å². The summed E-state index contributed by atoms with van der Waals surface area (Å²) in [5.74, 6) is -1.50. The molecule has 0 saturated heterocycles. The van der Waals surface area contributed by atoms with Gasteiger partial charge < -0.3 is 14.2 Å². The topological polar surface area (TPSA) is 61.8 Å². The van der Waals surface area contributed by atoms with Gasteiger partial charge >= 0.3 is 11.9 Å². The molecule has 1 aliphatic rings. The molecule has 1 rings (SSSR count). The molecular formula is C16H28O5. The number of ether oxygens (including phenoxy) is 3. The summed E-state index contributed by atoms with van der Waals surface area (Å²) in [5, 5.41) is 0. The molecule has 1 aliphatic carbocycles. The lowest BCUT2D eigenvalue weighted by molar-refractivity contribution is -0.168. The second kappa shape index (κ2) is 7.78. The second-order valence-electron chi connectivity index (χ2n) is 6.38. The Bertz CT molecular complexity index is 358. The van der Waals surface area contributed by atoms with E-state index in [4.69, 9.17) is 14.2 Å². The molecule has 0 radical (unpaired) electrons. The third-order valence-electron chi connectivity index (χ3n) is 3.50. The fourth-order valence-corrected chi connectivity index (χ4v) is 2.78. The van der Waals surface area contributed by atoms with Crippen molar-refractivity contribution in [2.45, 2.75) is 65.6 Å². The van der Waals surface area contributed by atoms with Gasteiger partial charge in [-0.05, 0) is 53.9 Å². The minimum Gasteiger partial charge on any atom is -0.466 e. The molecule has 0 aliphatic heterocycles. The van der Waals surface area contributed by atoms with Crippen molar-refractivity contribution in [3.05, 3.63) is 0 Å². The lowest BCUT2D eigenvalue weighted by Gasteiger charge is -2.36. The molecule has 0 amide bonds. The number of hydrogen-bond donors (Lipinski definition) is 0. The van der Waals surface area contributed by atoms with Crippen LogP contribution in [-0.2, 0) is 23.8 Å². The van der Waals surface area contributed by atoms with Crippen LogP contribution >= 0.6 is 0 Å². The summed E-state index contributed by atoms with van der Waals surface area (Å²) in [5.41, 5.74) is -0.263. The summed E-state index contributed by atoms with van der Waals surface area (Å²) in [7, 11) is 0. The first-order valence-electron chi connectivity index (χ1n) is 7.79. The van der Waals surface area contributed by atoms with Gasteiger partial charge in [0.05, 0.1) is 36.8 Å². The monoisotopic (exact) mass is 300 g/mol. The Labute approximate surface area is 127 Å². The normalized spacial score (nSPS) is 26.2. The van der Waals surface area contributed by atoms with E-state index in [2.05, 4.69) is 0 Å². The molecule has 0 bridgehead atoms. The van der Waals surface area contributed by atoms with E-state index in [1.54, 1.807) is 13.8 Å². The average molecular weight is 300 g/mol. The van der Waals surface area contributed by atoms with Crippen molar-refractivity contribution in [1.82, 2.24) is 0 Å². The van der Waals surface area contributed by atoms with Crippen LogP contribution in [0.1, 0.15) is 53.9 Å². The van der Waals surface area contributed by atoms with E-state index in [-0.39, 0.29) is 23.6 Å². The fourth-order valence-electron chi connectivity index (χ4n) is 2.78. The molecule has 5 nitrogen and oxygen atoms in total. The highest BCUT2D eigenvalue weighted by Gasteiger charge is 2.42. The number of carbonyl (C=O) groups excluding carboxylic acids is 2. The smallest absolute Gasteiger partial charge is 0.309 e. The summed E-state index contributed by atoms with van der Waals surface area (Å²) >= 11 is 0. The van der Waals surface area contributed by atoms with Crippen LogP contribution in [0, 0.1) is 11.8 Å². The van der Waals surface area contributed by atoms with Crippen LogP contribution in [0.5, 0.6) is 0 Å². The van der Waals surface area contributed by atoms with Crippen molar-refractivity contribution in [2.75, 3.05) is 13.2 Å². The van der Waals surface area contributed by atoms with Gasteiger partial charge in [0, 0.05) is 0 Å². The molecule has 0 heterocycles. The van der Waals surface area contributed by atoms with Crippen molar-refractivity contribution in [3.63, 3.8) is 0 Å². The Morgan fingerprint density at radius 2 is 1.48 bits per heavy atom. The molecule has 1 fully saturated rings. The van der Waals surface area contributed by atoms with E-state index >= 15 is 0 Å². The van der Waals surface area contributed by atoms with Crippen LogP contribution in [0.3, 0.4) is 0 Å². The zero-order valence-electron chi connectivity index (χ0n) is 13.8. The third-order valence-corrected chi connectivity index (χ3v) is 3.50. The predicted molar refractivity (Wildman–Crippen MR) is 78.7 cm³/mol. The summed E-state index contributed by atoms with van der Waals surface area (Å²) in [6, 6.07) is 0. The highest BCUT2D eigenvalue weighted by Crippen LogP contribution is 2.35. The van der Waals surface area contributed by atoms with Crippen molar-refractivity contribution in [2.24, 2.45) is 11.8 Å². The van der Waals surface area contributed by atoms with Crippen LogP contribution in [0.25, 0.3) is 0 Å². The molecular weight excluding hydrogens is 272 g/mol. The van der Waals surface area contributed by atoms with E-state index in [0.29, 0.717) is 26.1 Å². The molecule has 0 spiro atoms. The van der Waals surface area contributed by atoms with Crippen molar-refractivity contribution in [1.29, 1.82) is 0 Å². The fraction of sp³-hybridized carbons (Fsp3) is 0.875. The average Bonchev–Trinajstić information content (AvgIpc) is 2.37. The molecule has 0 N–H and O–H groups in total. The Kier molecular flexibility index (Phi) is 6.65. The van der Waals surface area contributed by atoms with Gasteiger partial charge in [-0.25, -0.2) is 0 Å². The van der Waals surface area contributed by atoms with Crippen LogP contribution in [0.15, 0.2) is 0 Å². The van der Waals surface area contributed by atoms with Crippen molar-refractivity contribution < 1.29 is 23.8 Å². The molecule has 122 valence electrons. The number of carbonyl (C=O) groups is 2. The second-order valence-corrected chi connectivity index (χ2v) is 6.38. The van der Waals surface area contributed by atoms with Gasteiger partial charge in [-0.15, -0.1) is 0 Å². The maximum atomic E-state index is 12.1. The maximum Gasteiger partial charge on any atom is 0.309 e. The van der Waals surface area contributed by atoms with Gasteiger partial charge in [0.2, 0.25) is 0 Å². The number of rotatable bonds is 5. The zero-order chi connectivity index (χ0) is 16.0. The largest absolute Gasteiger partial charge is 0.466 e. The van der Waals surface area contributed by atoms with Crippen molar-refractivity contribution in [3.8, 4) is 0 Å². The van der Waals surface area contributed by atoms with Gasteiger partial charge in [-0.2, -0.15) is 0 Å². The van der Waals surface area contributed by atoms with Gasteiger partial charge in [0.1, 0.15) is 0 Å². The summed E-state index contributed by atoms with van der Waals surface area (Å²) in [6.45, 7) is 10.1. The molecule has 1 saturated carbocycles. The number of hydrogen-bond acceptors (Lipinski definition) is 5. The standard InChI is InChI=1S/C16H28O5/c1-6-19-14(17)12-9-8-11(21-16(3,4)5)10-13(12)15(18)20-7-2/h11-13H,6-10H2,1-5H3. The highest BCUT2D eigenvalue weighted by atomic mass is 16.5. The van der Waals surface area contributed by atoms with E-state index in [0.717, 1.165) is 6.42 Å². The first kappa shape index (κ1) is 18.0. The molecule has 0 aromatic rings. The van der Waals surface area contributed by atoms with Crippen molar-refractivity contribution >= 4 is 11.9 Å². The predicted octanol–water partition coefficient (Wildman–Crippen LogP) is 2.71. The first-order valence-corrected chi connectivity index (χ1v) is 7.79. The minimum atomic E-state index is -0.468. The molecule has 0 aromatic carbocycles. The quantitative estimate of drug-likeness (QED) is 0.731. The van der Waals surface area contributed by atoms with E-state index < -0.39 is 11.8 Å². The third kappa shape index (κ3) is 5.65. The first-order chi connectivity index (χ1) is 9.78. The summed E-state index contributed by atoms with van der Waals surface area (Å²) in [6.07, 6.45) is 1.85. The Morgan fingerprint density at radius 1 is 0.952 bits per heavy atom. The van der Waals surface area contributed by atoms with Gasteiger partial charge in [0.25, 0.3) is 0 Å². The summed E-state index contributed by atoms with van der Waals surface area (Å²) in [4.78, 5) is 24.2. The molecule has 3 atom stereocenters. The summed E-state index contributed by atoms with van der Waals surface area (Å²) < 4.78 is 16.2. The molecule has 0 aromatic heterocycles. The van der Waals surface area contributed by atoms with Crippen LogP contribution in [0.4, 0.5) is 0 Å². The van der Waals surface area contributed by atoms with E-state index in [1.165, 1.54) is 0 Å². The molecule has 3 unspecified atom stereocenters. The van der Waals surface area contributed by atoms with E-state index in [9.17, 15) is 9.59 Å². The Balaban J connectivity index is 2.78. The lowest BCUT2D eigenvalue weighted by atomic mass is 9.77. The van der Waals surface area contributed by atoms with Gasteiger partial charge in [-0.3, -0.25) is 9.59 Å². The highest BCUT2D eigenvalue weighted by molar-refractivity contribution is 5.82. The van der Waals surface area contributed by atoms with E-state index in [1.807, 2.05) is 20.8 Å². The minimum absolute atomic E-state index is 0.0231. The zero-order valence-corrected chi connectivity index (χ0v) is 13.8. The number of esters is 2. The molecule has 5 heteroatoms. The SMILES string of the molecule is CCOC(=O)C1CCC(OC(C)(C)C)CC1C(=O)OCC. The molecule has 21 heavy (non-hydrogen) atoms. The van der Waals surface area contributed by atoms with Gasteiger partial charge in [-0.1, -0.05) is 0 Å². The maximum absolute atomic E-state index is 12.1. The van der Waals surface area contributed by atoms with Crippen LogP contribution < -0.4 is 0 Å².